The van der Waals surface area contributed by atoms with Gasteiger partial charge in [-0.05, 0) is 12.1 Å². The number of rotatable bonds is 7. The van der Waals surface area contributed by atoms with Gasteiger partial charge < -0.3 is 20.8 Å². The van der Waals surface area contributed by atoms with Crippen LogP contribution in [-0.4, -0.2) is 46.0 Å². The van der Waals surface area contributed by atoms with Crippen LogP contribution in [0.5, 0.6) is 0 Å². The van der Waals surface area contributed by atoms with Crippen molar-refractivity contribution in [3.63, 3.8) is 0 Å². The van der Waals surface area contributed by atoms with Gasteiger partial charge in [-0.3, -0.25) is 10.1 Å². The molecule has 4 N–H and O–H groups in total. The summed E-state index contributed by atoms with van der Waals surface area (Å²) in [6.07, 6.45) is -1.41. The number of anilines is 1. The van der Waals surface area contributed by atoms with Gasteiger partial charge in [-0.25, -0.2) is 4.98 Å². The number of benzene rings is 2. The van der Waals surface area contributed by atoms with Crippen molar-refractivity contribution in [2.24, 2.45) is 0 Å². The summed E-state index contributed by atoms with van der Waals surface area (Å²) in [7, 11) is 0. The summed E-state index contributed by atoms with van der Waals surface area (Å²) in [6, 6.07) is 12.3. The molecule has 3 rings (SSSR count). The van der Waals surface area contributed by atoms with Gasteiger partial charge in [-0.1, -0.05) is 24.3 Å². The van der Waals surface area contributed by atoms with E-state index in [4.69, 9.17) is 10.2 Å². The van der Waals surface area contributed by atoms with Crippen LogP contribution in [-0.2, 0) is 0 Å². The molecule has 2 aromatic carbocycles. The van der Waals surface area contributed by atoms with Crippen molar-refractivity contribution in [3.8, 4) is 0 Å². The molecule has 138 valence electrons. The molecule has 1 heterocycles. The average Bonchev–Trinajstić information content (AvgIpc) is 2.59. The van der Waals surface area contributed by atoms with Gasteiger partial charge in [0, 0.05) is 31.1 Å². The molecule has 26 heavy (non-hydrogen) atoms. The van der Waals surface area contributed by atoms with E-state index in [0.717, 1.165) is 10.9 Å². The predicted molar refractivity (Wildman–Crippen MR) is 103 cm³/mol. The number of hydrogen-bond acceptors (Lipinski definition) is 7. The number of nitrogens with zero attached hydrogens (tertiary/aromatic N) is 2. The van der Waals surface area contributed by atoms with Crippen molar-refractivity contribution >= 4 is 45.6 Å². The number of para-hydroxylation sites is 1. The van der Waals surface area contributed by atoms with Crippen LogP contribution in [0.1, 0.15) is 0 Å². The lowest BCUT2D eigenvalue weighted by atomic mass is 10.1. The van der Waals surface area contributed by atoms with E-state index in [2.05, 4.69) is 15.6 Å². The van der Waals surface area contributed by atoms with E-state index < -0.39 is 11.2 Å². The largest absolute Gasteiger partial charge is 0.382 e. The van der Waals surface area contributed by atoms with Gasteiger partial charge in [0.25, 0.3) is 5.69 Å². The Labute approximate surface area is 155 Å². The third-order valence-electron chi connectivity index (χ3n) is 3.81. The summed E-state index contributed by atoms with van der Waals surface area (Å²) in [5, 5.41) is 36.5. The number of aliphatic hydroxyl groups is 2. The molecule has 0 atom stereocenters. The number of halogens is 1. The molecule has 9 heteroatoms. The number of nitro groups is 1. The first-order chi connectivity index (χ1) is 12.1. The maximum Gasteiger partial charge on any atom is 0.280 e. The second-order valence-electron chi connectivity index (χ2n) is 5.54. The van der Waals surface area contributed by atoms with Crippen LogP contribution >= 0.6 is 12.4 Å². The lowest BCUT2D eigenvalue weighted by Crippen LogP contribution is -2.30. The van der Waals surface area contributed by atoms with Gasteiger partial charge in [0.2, 0.25) is 0 Å². The van der Waals surface area contributed by atoms with Crippen molar-refractivity contribution in [2.75, 3.05) is 25.0 Å². The molecule has 0 fully saturated rings. The van der Waals surface area contributed by atoms with Crippen LogP contribution in [0.25, 0.3) is 21.8 Å². The van der Waals surface area contributed by atoms with Gasteiger partial charge in [-0.2, -0.15) is 0 Å². The highest BCUT2D eigenvalue weighted by atomic mass is 35.5. The molecule has 0 saturated heterocycles. The molecule has 0 saturated carbocycles. The number of aromatic nitrogens is 1. The highest BCUT2D eigenvalue weighted by Crippen LogP contribution is 2.36. The minimum absolute atomic E-state index is 0. The van der Waals surface area contributed by atoms with Crippen molar-refractivity contribution < 1.29 is 15.1 Å². The quantitative estimate of drug-likeness (QED) is 0.163. The number of hydrogen-bond donors (Lipinski definition) is 4. The van der Waals surface area contributed by atoms with E-state index in [0.29, 0.717) is 29.7 Å². The summed E-state index contributed by atoms with van der Waals surface area (Å²) in [5.41, 5.74) is 1.95. The first-order valence-electron chi connectivity index (χ1n) is 7.84. The molecule has 0 aliphatic heterocycles. The Bertz CT molecular complexity index is 920. The zero-order valence-corrected chi connectivity index (χ0v) is 14.6. The number of non-ortho nitro benzene ring substituents is 1. The smallest absolute Gasteiger partial charge is 0.280 e. The molecule has 0 unspecified atom stereocenters. The predicted octanol–water partition coefficient (Wildman–Crippen LogP) is 2.03. The lowest BCUT2D eigenvalue weighted by molar-refractivity contribution is -0.383. The fraction of sp³-hybridized carbons (Fsp3) is 0.235. The SMILES string of the molecule is Cl.O=[N+]([O-])c1cccc2nc3ccccc3c(NCCNCC(O)O)c12. The minimum atomic E-state index is -1.41. The van der Waals surface area contributed by atoms with E-state index in [9.17, 15) is 10.1 Å². The second-order valence-corrected chi connectivity index (χ2v) is 5.54. The standard InChI is InChI=1S/C17H18N4O4.ClH/c22-15(23)10-18-8-9-19-17-11-4-1-2-5-12(11)20-13-6-3-7-14(16(13)17)21(24)25;/h1-7,15,18,22-23H,8-10H2,(H,19,20);1H. The van der Waals surface area contributed by atoms with Crippen LogP contribution in [0.2, 0.25) is 0 Å². The van der Waals surface area contributed by atoms with Crippen molar-refractivity contribution in [2.45, 2.75) is 6.29 Å². The van der Waals surface area contributed by atoms with Crippen LogP contribution in [0.3, 0.4) is 0 Å². The number of fused-ring (bicyclic) bond motifs is 2. The van der Waals surface area contributed by atoms with E-state index >= 15 is 0 Å². The van der Waals surface area contributed by atoms with E-state index in [1.54, 1.807) is 12.1 Å². The summed E-state index contributed by atoms with van der Waals surface area (Å²) >= 11 is 0. The van der Waals surface area contributed by atoms with Gasteiger partial charge >= 0.3 is 0 Å². The van der Waals surface area contributed by atoms with Gasteiger partial charge in [0.05, 0.1) is 21.6 Å². The number of nitrogens with one attached hydrogen (secondary N) is 2. The second kappa shape index (κ2) is 8.72. The summed E-state index contributed by atoms with van der Waals surface area (Å²) < 4.78 is 0. The maximum absolute atomic E-state index is 11.4. The normalized spacial score (nSPS) is 10.9. The number of aliphatic hydroxyl groups excluding tert-OH is 1. The Morgan fingerprint density at radius 1 is 1.08 bits per heavy atom. The molecule has 8 nitrogen and oxygen atoms in total. The monoisotopic (exact) mass is 378 g/mol. The topological polar surface area (TPSA) is 121 Å². The van der Waals surface area contributed by atoms with Crippen LogP contribution in [0.15, 0.2) is 42.5 Å². The summed E-state index contributed by atoms with van der Waals surface area (Å²) in [5.74, 6) is 0. The highest BCUT2D eigenvalue weighted by Gasteiger charge is 2.18. The Morgan fingerprint density at radius 2 is 1.81 bits per heavy atom. The van der Waals surface area contributed by atoms with Crippen molar-refractivity contribution in [3.05, 3.63) is 52.6 Å². The Hall–Kier alpha value is -2.52. The van der Waals surface area contributed by atoms with Gasteiger partial charge in [0.15, 0.2) is 6.29 Å². The molecule has 0 spiro atoms. The Kier molecular flexibility index (Phi) is 6.64. The molecule has 3 aromatic rings. The van der Waals surface area contributed by atoms with Gasteiger partial charge in [-0.15, -0.1) is 12.4 Å². The van der Waals surface area contributed by atoms with Crippen LogP contribution < -0.4 is 10.6 Å². The molecular weight excluding hydrogens is 360 g/mol. The molecule has 0 aliphatic carbocycles. The Morgan fingerprint density at radius 3 is 2.54 bits per heavy atom. The number of pyridine rings is 1. The minimum Gasteiger partial charge on any atom is -0.382 e. The average molecular weight is 379 g/mol. The molecule has 0 amide bonds. The van der Waals surface area contributed by atoms with E-state index in [-0.39, 0.29) is 24.6 Å². The summed E-state index contributed by atoms with van der Waals surface area (Å²) in [6.45, 7) is 0.984. The highest BCUT2D eigenvalue weighted by molar-refractivity contribution is 6.11. The molecular formula is C17H19ClN4O4. The zero-order valence-electron chi connectivity index (χ0n) is 13.8. The van der Waals surface area contributed by atoms with E-state index in [1.807, 2.05) is 24.3 Å². The first kappa shape index (κ1) is 19.8. The molecule has 0 radical (unpaired) electrons. The third kappa shape index (κ3) is 4.17. The third-order valence-corrected chi connectivity index (χ3v) is 3.81. The van der Waals surface area contributed by atoms with Crippen molar-refractivity contribution in [1.29, 1.82) is 0 Å². The van der Waals surface area contributed by atoms with Crippen LogP contribution in [0, 0.1) is 10.1 Å². The Balaban J connectivity index is 0.00000243. The zero-order chi connectivity index (χ0) is 17.8. The first-order valence-corrected chi connectivity index (χ1v) is 7.84. The molecule has 0 aliphatic rings. The molecule has 0 bridgehead atoms. The van der Waals surface area contributed by atoms with Crippen LogP contribution in [0.4, 0.5) is 11.4 Å². The fourth-order valence-corrected chi connectivity index (χ4v) is 2.77. The van der Waals surface area contributed by atoms with Gasteiger partial charge in [0.1, 0.15) is 5.39 Å². The summed E-state index contributed by atoms with van der Waals surface area (Å²) in [4.78, 5) is 15.5. The van der Waals surface area contributed by atoms with Crippen molar-refractivity contribution in [1.82, 2.24) is 10.3 Å². The number of nitro benzene ring substituents is 1. The van der Waals surface area contributed by atoms with E-state index in [1.165, 1.54) is 6.07 Å². The fourth-order valence-electron chi connectivity index (χ4n) is 2.77. The maximum atomic E-state index is 11.4. The molecule has 1 aromatic heterocycles. The lowest BCUT2D eigenvalue weighted by Gasteiger charge is -2.14.